The van der Waals surface area contributed by atoms with E-state index in [0.717, 1.165) is 18.4 Å². The van der Waals surface area contributed by atoms with Gasteiger partial charge in [-0.15, -0.1) is 6.58 Å². The smallest absolute Gasteiger partial charge is 0.260 e. The van der Waals surface area contributed by atoms with Gasteiger partial charge in [0.2, 0.25) is 5.91 Å². The molecule has 106 valence electrons. The summed E-state index contributed by atoms with van der Waals surface area (Å²) < 4.78 is 0. The Bertz CT molecular complexity index is 535. The van der Waals surface area contributed by atoms with E-state index >= 15 is 0 Å². The minimum absolute atomic E-state index is 0.0689. The van der Waals surface area contributed by atoms with Gasteiger partial charge in [-0.25, -0.2) is 0 Å². The Labute approximate surface area is 120 Å². The van der Waals surface area contributed by atoms with E-state index in [0.29, 0.717) is 18.5 Å². The fraction of sp³-hybridized carbons (Fsp3) is 0.412. The number of carbonyl (C=O) groups is 2. The lowest BCUT2D eigenvalue weighted by Gasteiger charge is -2.38. The van der Waals surface area contributed by atoms with Crippen LogP contribution in [0.15, 0.2) is 42.5 Å². The second kappa shape index (κ2) is 5.61. The van der Waals surface area contributed by atoms with Crippen LogP contribution in [0.2, 0.25) is 0 Å². The number of hydrogen-bond donors (Lipinski definition) is 0. The molecule has 0 bridgehead atoms. The molecular formula is C17H21NO2. The van der Waals surface area contributed by atoms with Crippen molar-refractivity contribution in [3.8, 4) is 0 Å². The summed E-state index contributed by atoms with van der Waals surface area (Å²) in [6, 6.07) is 8.99. The average molecular weight is 271 g/mol. The van der Waals surface area contributed by atoms with Gasteiger partial charge in [-0.1, -0.05) is 30.7 Å². The zero-order valence-corrected chi connectivity index (χ0v) is 12.2. The maximum Gasteiger partial charge on any atom is 0.260 e. The largest absolute Gasteiger partial charge is 0.278 e. The van der Waals surface area contributed by atoms with Crippen LogP contribution in [0.3, 0.4) is 0 Å². The molecule has 1 saturated heterocycles. The fourth-order valence-electron chi connectivity index (χ4n) is 2.92. The summed E-state index contributed by atoms with van der Waals surface area (Å²) in [6.45, 7) is 8.28. The van der Waals surface area contributed by atoms with E-state index in [-0.39, 0.29) is 11.8 Å². The molecule has 0 aliphatic carbocycles. The highest BCUT2D eigenvalue weighted by molar-refractivity contribution is 6.06. The van der Waals surface area contributed by atoms with Gasteiger partial charge in [-0.05, 0) is 38.3 Å². The Morgan fingerprint density at radius 3 is 2.60 bits per heavy atom. The van der Waals surface area contributed by atoms with E-state index in [1.165, 1.54) is 4.90 Å². The second-order valence-electron chi connectivity index (χ2n) is 5.93. The number of amides is 2. The van der Waals surface area contributed by atoms with Crippen LogP contribution in [0.1, 0.15) is 43.5 Å². The zero-order chi connectivity index (χ0) is 14.8. The van der Waals surface area contributed by atoms with Crippen LogP contribution in [0.4, 0.5) is 0 Å². The van der Waals surface area contributed by atoms with Gasteiger partial charge in [-0.2, -0.15) is 0 Å². The van der Waals surface area contributed by atoms with Crippen molar-refractivity contribution in [1.29, 1.82) is 0 Å². The van der Waals surface area contributed by atoms with E-state index in [1.807, 2.05) is 32.0 Å². The predicted molar refractivity (Wildman–Crippen MR) is 79.3 cm³/mol. The van der Waals surface area contributed by atoms with Crippen LogP contribution in [0.25, 0.3) is 0 Å². The zero-order valence-electron chi connectivity index (χ0n) is 12.2. The van der Waals surface area contributed by atoms with Crippen LogP contribution in [-0.2, 0) is 4.79 Å². The lowest BCUT2D eigenvalue weighted by molar-refractivity contribution is -0.141. The van der Waals surface area contributed by atoms with Crippen molar-refractivity contribution in [2.75, 3.05) is 6.54 Å². The first-order valence-electron chi connectivity index (χ1n) is 7.00. The predicted octanol–water partition coefficient (Wildman–Crippen LogP) is 3.42. The van der Waals surface area contributed by atoms with Crippen LogP contribution in [0, 0.1) is 5.41 Å². The van der Waals surface area contributed by atoms with Crippen molar-refractivity contribution in [3.63, 3.8) is 0 Å². The van der Waals surface area contributed by atoms with Crippen molar-refractivity contribution in [1.82, 2.24) is 4.90 Å². The van der Waals surface area contributed by atoms with Crippen molar-refractivity contribution in [3.05, 3.63) is 48.0 Å². The minimum atomic E-state index is -0.492. The molecule has 0 aromatic heterocycles. The molecule has 1 aromatic rings. The van der Waals surface area contributed by atoms with E-state index in [2.05, 4.69) is 6.58 Å². The number of piperidine rings is 1. The van der Waals surface area contributed by atoms with Crippen LogP contribution < -0.4 is 0 Å². The van der Waals surface area contributed by atoms with Crippen LogP contribution >= 0.6 is 0 Å². The highest BCUT2D eigenvalue weighted by atomic mass is 16.2. The number of carbonyl (C=O) groups excluding carboxylic acids is 2. The molecular weight excluding hydrogens is 250 g/mol. The van der Waals surface area contributed by atoms with Gasteiger partial charge < -0.3 is 0 Å². The highest BCUT2D eigenvalue weighted by Crippen LogP contribution is 2.36. The number of hydrogen-bond acceptors (Lipinski definition) is 2. The van der Waals surface area contributed by atoms with Crippen molar-refractivity contribution in [2.45, 2.75) is 33.1 Å². The first-order valence-corrected chi connectivity index (χ1v) is 7.00. The molecule has 1 fully saturated rings. The number of rotatable bonds is 3. The fourth-order valence-corrected chi connectivity index (χ4v) is 2.92. The summed E-state index contributed by atoms with van der Waals surface area (Å²) >= 11 is 0. The van der Waals surface area contributed by atoms with E-state index < -0.39 is 5.41 Å². The Kier molecular flexibility index (Phi) is 4.07. The number of benzene rings is 1. The van der Waals surface area contributed by atoms with Gasteiger partial charge in [0, 0.05) is 12.1 Å². The third kappa shape index (κ3) is 2.82. The standard InChI is InChI=1S/C17H21NO2/c1-13(2)12-17(3)10-7-11-18(16(17)20)15(19)14-8-5-4-6-9-14/h4-6,8-9H,1,7,10-12H2,2-3H3/t17-/m0/s1. The molecule has 3 nitrogen and oxygen atoms in total. The Hall–Kier alpha value is -1.90. The molecule has 1 atom stereocenters. The number of likely N-dealkylation sites (tertiary alicyclic amines) is 1. The Balaban J connectivity index is 2.23. The summed E-state index contributed by atoms with van der Waals surface area (Å²) in [4.78, 5) is 26.5. The summed E-state index contributed by atoms with van der Waals surface area (Å²) in [7, 11) is 0. The van der Waals surface area contributed by atoms with E-state index in [4.69, 9.17) is 0 Å². The third-order valence-corrected chi connectivity index (χ3v) is 3.83. The van der Waals surface area contributed by atoms with Gasteiger partial charge in [-0.3, -0.25) is 14.5 Å². The molecule has 0 spiro atoms. The molecule has 0 radical (unpaired) electrons. The second-order valence-corrected chi connectivity index (χ2v) is 5.93. The first-order chi connectivity index (χ1) is 9.44. The summed E-state index contributed by atoms with van der Waals surface area (Å²) in [5.41, 5.74) is 1.06. The molecule has 1 aliphatic rings. The molecule has 0 N–H and O–H groups in total. The van der Waals surface area contributed by atoms with Gasteiger partial charge in [0.05, 0.1) is 5.41 Å². The quantitative estimate of drug-likeness (QED) is 0.624. The van der Waals surface area contributed by atoms with E-state index in [1.54, 1.807) is 12.1 Å². The summed E-state index contributed by atoms with van der Waals surface area (Å²) in [5, 5.41) is 0. The van der Waals surface area contributed by atoms with Crippen LogP contribution in [0.5, 0.6) is 0 Å². The molecule has 1 aromatic carbocycles. The maximum absolute atomic E-state index is 12.7. The molecule has 0 saturated carbocycles. The van der Waals surface area contributed by atoms with E-state index in [9.17, 15) is 9.59 Å². The topological polar surface area (TPSA) is 37.4 Å². The van der Waals surface area contributed by atoms with Crippen molar-refractivity contribution in [2.24, 2.45) is 5.41 Å². The van der Waals surface area contributed by atoms with Gasteiger partial charge in [0.1, 0.15) is 0 Å². The first kappa shape index (κ1) is 14.5. The summed E-state index contributed by atoms with van der Waals surface area (Å²) in [5.74, 6) is -0.260. The number of allylic oxidation sites excluding steroid dienone is 1. The molecule has 0 unspecified atom stereocenters. The monoisotopic (exact) mass is 271 g/mol. The molecule has 1 aliphatic heterocycles. The molecule has 2 amide bonds. The Morgan fingerprint density at radius 1 is 1.35 bits per heavy atom. The van der Waals surface area contributed by atoms with Gasteiger partial charge >= 0.3 is 0 Å². The number of imide groups is 1. The number of nitrogens with zero attached hydrogens (tertiary/aromatic N) is 1. The van der Waals surface area contributed by atoms with Gasteiger partial charge in [0.25, 0.3) is 5.91 Å². The van der Waals surface area contributed by atoms with Crippen molar-refractivity contribution < 1.29 is 9.59 Å². The third-order valence-electron chi connectivity index (χ3n) is 3.83. The van der Waals surface area contributed by atoms with Gasteiger partial charge in [0.15, 0.2) is 0 Å². The summed E-state index contributed by atoms with van der Waals surface area (Å²) in [6.07, 6.45) is 2.32. The van der Waals surface area contributed by atoms with Crippen LogP contribution in [-0.4, -0.2) is 23.3 Å². The molecule has 1 heterocycles. The molecule has 2 rings (SSSR count). The maximum atomic E-state index is 12.7. The van der Waals surface area contributed by atoms with Crippen molar-refractivity contribution >= 4 is 11.8 Å². The lowest BCUT2D eigenvalue weighted by atomic mass is 9.76. The lowest BCUT2D eigenvalue weighted by Crippen LogP contribution is -2.50. The Morgan fingerprint density at radius 2 is 2.00 bits per heavy atom. The normalized spacial score (nSPS) is 22.7. The minimum Gasteiger partial charge on any atom is -0.278 e. The average Bonchev–Trinajstić information content (AvgIpc) is 2.41. The molecule has 20 heavy (non-hydrogen) atoms. The molecule has 3 heteroatoms. The SMILES string of the molecule is C=C(C)C[C@]1(C)CCCN(C(=O)c2ccccc2)C1=O. The highest BCUT2D eigenvalue weighted by Gasteiger charge is 2.42.